The number of amides is 2. The van der Waals surface area contributed by atoms with E-state index in [1.807, 2.05) is 6.07 Å². The molecule has 2 amide bonds. The molecule has 2 rings (SSSR count). The summed E-state index contributed by atoms with van der Waals surface area (Å²) >= 11 is 0. The number of aliphatic hydroxyl groups is 1. The van der Waals surface area contributed by atoms with Crippen LogP contribution in [-0.2, 0) is 9.53 Å². The van der Waals surface area contributed by atoms with Crippen LogP contribution in [0.2, 0.25) is 0 Å². The van der Waals surface area contributed by atoms with Gasteiger partial charge in [0.15, 0.2) is 0 Å². The van der Waals surface area contributed by atoms with Crippen molar-refractivity contribution in [1.29, 1.82) is 0 Å². The second-order valence-electron chi connectivity index (χ2n) is 7.53. The summed E-state index contributed by atoms with van der Waals surface area (Å²) in [6, 6.07) is 7.65. The molecule has 0 unspecified atom stereocenters. The molecule has 0 saturated carbocycles. The Labute approximate surface area is 149 Å². The fourth-order valence-electron chi connectivity index (χ4n) is 3.18. The largest absolute Gasteiger partial charge is 0.394 e. The van der Waals surface area contributed by atoms with Gasteiger partial charge in [0.1, 0.15) is 6.04 Å². The predicted molar refractivity (Wildman–Crippen MR) is 95.1 cm³/mol. The average Bonchev–Trinajstić information content (AvgIpc) is 3.07. The number of benzene rings is 1. The van der Waals surface area contributed by atoms with Crippen LogP contribution in [0.5, 0.6) is 0 Å². The topological polar surface area (TPSA) is 87.7 Å². The summed E-state index contributed by atoms with van der Waals surface area (Å²) in [6.45, 7) is 7.07. The van der Waals surface area contributed by atoms with Crippen LogP contribution in [0.3, 0.4) is 0 Å². The highest BCUT2D eigenvalue weighted by Gasteiger charge is 2.37. The van der Waals surface area contributed by atoms with E-state index in [2.05, 4.69) is 31.4 Å². The van der Waals surface area contributed by atoms with Gasteiger partial charge in [0.2, 0.25) is 5.91 Å². The fraction of sp³-hybridized carbons (Fsp3) is 0.579. The zero-order chi connectivity index (χ0) is 18.4. The maximum atomic E-state index is 12.3. The van der Waals surface area contributed by atoms with Crippen molar-refractivity contribution in [3.8, 4) is 0 Å². The molecule has 0 aliphatic carbocycles. The molecule has 6 nitrogen and oxygen atoms in total. The predicted octanol–water partition coefficient (Wildman–Crippen LogP) is 1.34. The second kappa shape index (κ2) is 8.45. The van der Waals surface area contributed by atoms with E-state index < -0.39 is 12.6 Å². The molecular formula is C19H28N2O4. The van der Waals surface area contributed by atoms with Gasteiger partial charge in [0.25, 0.3) is 5.91 Å². The Morgan fingerprint density at radius 3 is 2.56 bits per heavy atom. The summed E-state index contributed by atoms with van der Waals surface area (Å²) in [5.41, 5.74) is 0.454. The van der Waals surface area contributed by atoms with Crippen LogP contribution in [0.1, 0.15) is 37.6 Å². The van der Waals surface area contributed by atoms with Gasteiger partial charge in [-0.05, 0) is 24.0 Å². The maximum absolute atomic E-state index is 12.3. The lowest BCUT2D eigenvalue weighted by atomic mass is 9.81. The number of nitrogens with one attached hydrogen (secondary N) is 2. The number of carbonyl (C=O) groups is 2. The summed E-state index contributed by atoms with van der Waals surface area (Å²) in [5, 5.41) is 14.9. The molecule has 3 N–H and O–H groups in total. The first-order valence-electron chi connectivity index (χ1n) is 8.69. The molecule has 0 radical (unpaired) electrons. The van der Waals surface area contributed by atoms with Gasteiger partial charge in [0.05, 0.1) is 12.7 Å². The van der Waals surface area contributed by atoms with Gasteiger partial charge in [-0.15, -0.1) is 0 Å². The molecule has 1 saturated heterocycles. The van der Waals surface area contributed by atoms with Crippen molar-refractivity contribution in [2.45, 2.75) is 39.3 Å². The molecule has 138 valence electrons. The van der Waals surface area contributed by atoms with Crippen molar-refractivity contribution < 1.29 is 19.4 Å². The van der Waals surface area contributed by atoms with Crippen molar-refractivity contribution in [1.82, 2.24) is 10.6 Å². The van der Waals surface area contributed by atoms with Gasteiger partial charge in [-0.1, -0.05) is 39.0 Å². The summed E-state index contributed by atoms with van der Waals surface area (Å²) in [5.74, 6) is -0.536. The van der Waals surface area contributed by atoms with Crippen LogP contribution < -0.4 is 10.6 Å². The first-order valence-corrected chi connectivity index (χ1v) is 8.69. The maximum Gasteiger partial charge on any atom is 0.251 e. The third-order valence-corrected chi connectivity index (χ3v) is 4.45. The first kappa shape index (κ1) is 19.4. The minimum absolute atomic E-state index is 0.00377. The van der Waals surface area contributed by atoms with Crippen LogP contribution in [0.25, 0.3) is 0 Å². The van der Waals surface area contributed by atoms with Crippen LogP contribution in [-0.4, -0.2) is 48.8 Å². The number of hydrogen-bond donors (Lipinski definition) is 3. The van der Waals surface area contributed by atoms with Crippen LogP contribution in [0.15, 0.2) is 30.3 Å². The molecule has 0 spiro atoms. The zero-order valence-corrected chi connectivity index (χ0v) is 15.1. The molecule has 25 heavy (non-hydrogen) atoms. The van der Waals surface area contributed by atoms with E-state index in [-0.39, 0.29) is 29.3 Å². The normalized spacial score (nSPS) is 21.6. The Hall–Kier alpha value is -1.92. The molecule has 1 aromatic carbocycles. The Morgan fingerprint density at radius 2 is 1.96 bits per heavy atom. The Morgan fingerprint density at radius 1 is 1.28 bits per heavy atom. The van der Waals surface area contributed by atoms with E-state index in [1.54, 1.807) is 24.3 Å². The lowest BCUT2D eigenvalue weighted by molar-refractivity contribution is -0.124. The molecule has 0 aromatic heterocycles. The molecule has 0 bridgehead atoms. The van der Waals surface area contributed by atoms with Gasteiger partial charge in [-0.3, -0.25) is 9.59 Å². The smallest absolute Gasteiger partial charge is 0.251 e. The van der Waals surface area contributed by atoms with E-state index in [0.29, 0.717) is 18.7 Å². The quantitative estimate of drug-likeness (QED) is 0.724. The van der Waals surface area contributed by atoms with Crippen molar-refractivity contribution >= 4 is 11.8 Å². The highest BCUT2D eigenvalue weighted by atomic mass is 16.5. The zero-order valence-electron chi connectivity index (χ0n) is 15.1. The van der Waals surface area contributed by atoms with E-state index in [1.165, 1.54) is 0 Å². The number of rotatable bonds is 6. The Bertz CT molecular complexity index is 583. The molecule has 1 fully saturated rings. The van der Waals surface area contributed by atoms with E-state index >= 15 is 0 Å². The first-order chi connectivity index (χ1) is 11.8. The van der Waals surface area contributed by atoms with Crippen molar-refractivity contribution in [3.63, 3.8) is 0 Å². The summed E-state index contributed by atoms with van der Waals surface area (Å²) in [7, 11) is 0. The van der Waals surface area contributed by atoms with Crippen molar-refractivity contribution in [2.24, 2.45) is 11.3 Å². The Balaban J connectivity index is 1.89. The average molecular weight is 348 g/mol. The van der Waals surface area contributed by atoms with Crippen LogP contribution in [0, 0.1) is 11.3 Å². The van der Waals surface area contributed by atoms with Gasteiger partial charge in [-0.25, -0.2) is 0 Å². The van der Waals surface area contributed by atoms with Gasteiger partial charge >= 0.3 is 0 Å². The number of aliphatic hydroxyl groups excluding tert-OH is 1. The monoisotopic (exact) mass is 348 g/mol. The van der Waals surface area contributed by atoms with Crippen LogP contribution >= 0.6 is 0 Å². The SMILES string of the molecule is CC(C)(C)[C@H]1OCC[C@@H]1CNC(=O)[C@H](CO)NC(=O)c1ccccc1. The Kier molecular flexibility index (Phi) is 6.56. The van der Waals surface area contributed by atoms with Gasteiger partial charge in [-0.2, -0.15) is 0 Å². The van der Waals surface area contributed by atoms with E-state index in [9.17, 15) is 14.7 Å². The standard InChI is InChI=1S/C19H28N2O4/c1-19(2,3)16-14(9-10-25-16)11-20-18(24)15(12-22)21-17(23)13-7-5-4-6-8-13/h4-8,14-16,22H,9-12H2,1-3H3,(H,20,24)(H,21,23)/t14-,15+,16+/m1/s1. The summed E-state index contributed by atoms with van der Waals surface area (Å²) < 4.78 is 5.80. The summed E-state index contributed by atoms with van der Waals surface area (Å²) in [6.07, 6.45) is 0.974. The summed E-state index contributed by atoms with van der Waals surface area (Å²) in [4.78, 5) is 24.5. The number of hydrogen-bond acceptors (Lipinski definition) is 4. The van der Waals surface area contributed by atoms with Crippen LogP contribution in [0.4, 0.5) is 0 Å². The number of carbonyl (C=O) groups excluding carboxylic acids is 2. The molecule has 1 aromatic rings. The van der Waals surface area contributed by atoms with E-state index in [4.69, 9.17) is 4.74 Å². The molecule has 1 heterocycles. The third-order valence-electron chi connectivity index (χ3n) is 4.45. The minimum atomic E-state index is -0.969. The lowest BCUT2D eigenvalue weighted by Crippen LogP contribution is -2.50. The lowest BCUT2D eigenvalue weighted by Gasteiger charge is -2.31. The molecule has 6 heteroatoms. The number of ether oxygens (including phenoxy) is 1. The van der Waals surface area contributed by atoms with Crippen molar-refractivity contribution in [2.75, 3.05) is 19.8 Å². The van der Waals surface area contributed by atoms with Gasteiger partial charge in [0, 0.05) is 24.6 Å². The molecule has 1 aliphatic rings. The molecule has 1 aliphatic heterocycles. The molecule has 3 atom stereocenters. The highest BCUT2D eigenvalue weighted by Crippen LogP contribution is 2.34. The third kappa shape index (κ3) is 5.28. The second-order valence-corrected chi connectivity index (χ2v) is 7.53. The van der Waals surface area contributed by atoms with Gasteiger partial charge < -0.3 is 20.5 Å². The van der Waals surface area contributed by atoms with Crippen molar-refractivity contribution in [3.05, 3.63) is 35.9 Å². The van der Waals surface area contributed by atoms with E-state index in [0.717, 1.165) is 6.42 Å². The molecular weight excluding hydrogens is 320 g/mol. The minimum Gasteiger partial charge on any atom is -0.394 e. The fourth-order valence-corrected chi connectivity index (χ4v) is 3.18. The highest BCUT2D eigenvalue weighted by molar-refractivity contribution is 5.97.